The molecule has 3 aliphatic heterocycles. The number of likely N-dealkylation sites (tertiary alicyclic amines) is 3. The number of carbonyl (C=O) groups is 2. The lowest BCUT2D eigenvalue weighted by Crippen LogP contribution is -2.53. The minimum atomic E-state index is -0.296. The molecular weight excluding hydrogens is 378 g/mol. The van der Waals surface area contributed by atoms with Gasteiger partial charge < -0.3 is 14.5 Å². The van der Waals surface area contributed by atoms with Crippen molar-refractivity contribution in [3.05, 3.63) is 35.4 Å². The molecule has 3 saturated heterocycles. The van der Waals surface area contributed by atoms with Crippen molar-refractivity contribution in [1.82, 2.24) is 14.7 Å². The van der Waals surface area contributed by atoms with E-state index >= 15 is 0 Å². The third kappa shape index (κ3) is 3.44. The summed E-state index contributed by atoms with van der Waals surface area (Å²) in [6, 6.07) is 7.84. The lowest BCUT2D eigenvalue weighted by Gasteiger charge is -2.47. The number of hydrogen-bond acceptors (Lipinski definition) is 4. The highest BCUT2D eigenvalue weighted by Gasteiger charge is 2.64. The van der Waals surface area contributed by atoms with Crippen LogP contribution in [0.1, 0.15) is 42.1 Å². The summed E-state index contributed by atoms with van der Waals surface area (Å²) in [6.45, 7) is 10.5. The zero-order valence-electron chi connectivity index (χ0n) is 18.7. The van der Waals surface area contributed by atoms with Gasteiger partial charge in [0.1, 0.15) is 0 Å². The molecule has 1 aromatic carbocycles. The van der Waals surface area contributed by atoms with Crippen molar-refractivity contribution < 1.29 is 14.3 Å². The first kappa shape index (κ1) is 21.3. The number of nitrogens with zero attached hydrogens (tertiary/aromatic N) is 3. The van der Waals surface area contributed by atoms with Crippen LogP contribution in [-0.4, -0.2) is 86.0 Å². The highest BCUT2D eigenvalue weighted by molar-refractivity contribution is 5.94. The predicted molar refractivity (Wildman–Crippen MR) is 116 cm³/mol. The van der Waals surface area contributed by atoms with Crippen LogP contribution in [-0.2, 0) is 9.53 Å². The average Bonchev–Trinajstić information content (AvgIpc) is 3.24. The Morgan fingerprint density at radius 2 is 1.90 bits per heavy atom. The minimum absolute atomic E-state index is 0.0366. The number of piperidine rings is 1. The van der Waals surface area contributed by atoms with Gasteiger partial charge in [-0.05, 0) is 45.2 Å². The van der Waals surface area contributed by atoms with Gasteiger partial charge in [-0.3, -0.25) is 14.5 Å². The van der Waals surface area contributed by atoms with E-state index < -0.39 is 0 Å². The maximum atomic E-state index is 13.5. The molecule has 6 nitrogen and oxygen atoms in total. The number of fused-ring (bicyclic) bond motifs is 1. The maximum absolute atomic E-state index is 13.5. The molecule has 0 aliphatic carbocycles. The Hall–Kier alpha value is -1.92. The largest absolute Gasteiger partial charge is 0.383 e. The number of carbonyl (C=O) groups excluding carboxylic acids is 2. The molecule has 1 atom stereocenters. The number of hydrogen-bond donors (Lipinski definition) is 0. The van der Waals surface area contributed by atoms with Gasteiger partial charge in [-0.2, -0.15) is 0 Å². The maximum Gasteiger partial charge on any atom is 0.253 e. The highest BCUT2D eigenvalue weighted by atomic mass is 16.5. The molecule has 0 saturated carbocycles. The molecule has 4 rings (SSSR count). The minimum Gasteiger partial charge on any atom is -0.383 e. The van der Waals surface area contributed by atoms with E-state index in [4.69, 9.17) is 4.74 Å². The molecule has 0 aromatic heterocycles. The second-order valence-corrected chi connectivity index (χ2v) is 9.36. The molecule has 2 spiro atoms. The number of methoxy groups -OCH3 is 1. The third-order valence-corrected chi connectivity index (χ3v) is 7.81. The lowest BCUT2D eigenvalue weighted by molar-refractivity contribution is -0.141. The number of benzene rings is 1. The van der Waals surface area contributed by atoms with Crippen molar-refractivity contribution in [2.75, 3.05) is 59.5 Å². The summed E-state index contributed by atoms with van der Waals surface area (Å²) < 4.78 is 5.32. The first-order valence-corrected chi connectivity index (χ1v) is 11.3. The molecule has 0 unspecified atom stereocenters. The molecule has 30 heavy (non-hydrogen) atoms. The summed E-state index contributed by atoms with van der Waals surface area (Å²) in [5, 5.41) is 0. The third-order valence-electron chi connectivity index (χ3n) is 7.81. The molecule has 0 radical (unpaired) electrons. The van der Waals surface area contributed by atoms with Crippen molar-refractivity contribution in [3.63, 3.8) is 0 Å². The first-order chi connectivity index (χ1) is 14.4. The predicted octanol–water partition coefficient (Wildman–Crippen LogP) is 2.42. The number of rotatable bonds is 5. The molecule has 0 N–H and O–H groups in total. The highest BCUT2D eigenvalue weighted by Crippen LogP contribution is 2.57. The summed E-state index contributed by atoms with van der Waals surface area (Å²) >= 11 is 0. The van der Waals surface area contributed by atoms with Crippen LogP contribution in [0.5, 0.6) is 0 Å². The summed E-state index contributed by atoms with van der Waals surface area (Å²) in [5.74, 6) is 0.452. The summed E-state index contributed by atoms with van der Waals surface area (Å²) in [7, 11) is 1.73. The van der Waals surface area contributed by atoms with Gasteiger partial charge >= 0.3 is 0 Å². The van der Waals surface area contributed by atoms with Crippen LogP contribution in [0.4, 0.5) is 0 Å². The lowest BCUT2D eigenvalue weighted by atomic mass is 9.60. The van der Waals surface area contributed by atoms with E-state index in [-0.39, 0.29) is 16.7 Å². The van der Waals surface area contributed by atoms with E-state index in [0.29, 0.717) is 12.5 Å². The van der Waals surface area contributed by atoms with E-state index in [2.05, 4.69) is 11.8 Å². The van der Waals surface area contributed by atoms with Gasteiger partial charge in [0.05, 0.1) is 12.0 Å². The van der Waals surface area contributed by atoms with E-state index in [1.807, 2.05) is 41.0 Å². The van der Waals surface area contributed by atoms with Gasteiger partial charge in [0.2, 0.25) is 5.91 Å². The van der Waals surface area contributed by atoms with Crippen molar-refractivity contribution in [1.29, 1.82) is 0 Å². The van der Waals surface area contributed by atoms with Crippen LogP contribution in [0, 0.1) is 17.8 Å². The van der Waals surface area contributed by atoms with Crippen molar-refractivity contribution in [2.24, 2.45) is 10.8 Å². The Kier molecular flexibility index (Phi) is 5.90. The van der Waals surface area contributed by atoms with Crippen LogP contribution >= 0.6 is 0 Å². The monoisotopic (exact) mass is 413 g/mol. The van der Waals surface area contributed by atoms with E-state index in [1.165, 1.54) is 0 Å². The summed E-state index contributed by atoms with van der Waals surface area (Å²) in [5.41, 5.74) is 1.54. The Morgan fingerprint density at radius 3 is 2.53 bits per heavy atom. The molecule has 3 fully saturated rings. The smallest absolute Gasteiger partial charge is 0.253 e. The van der Waals surface area contributed by atoms with E-state index in [9.17, 15) is 9.59 Å². The zero-order chi connectivity index (χ0) is 21.4. The van der Waals surface area contributed by atoms with Crippen LogP contribution in [0.15, 0.2) is 24.3 Å². The van der Waals surface area contributed by atoms with Crippen LogP contribution in [0.25, 0.3) is 0 Å². The summed E-state index contributed by atoms with van der Waals surface area (Å²) in [6.07, 6.45) is 2.74. The fraction of sp³-hybridized carbons (Fsp3) is 0.667. The molecule has 3 heterocycles. The normalized spacial score (nSPS) is 26.3. The number of amides is 2. The van der Waals surface area contributed by atoms with Crippen LogP contribution < -0.4 is 0 Å². The first-order valence-electron chi connectivity index (χ1n) is 11.3. The second-order valence-electron chi connectivity index (χ2n) is 9.36. The molecular formula is C24H35N3O3. The second kappa shape index (κ2) is 8.31. The number of ether oxygens (including phenoxy) is 1. The SMILES string of the molecule is CCN1CC[C@]2(CN(CCOC)CC23CCN(C(=O)c2cccc(C)c2)CC3)C1=O. The molecule has 6 heteroatoms. The molecule has 2 amide bonds. The Labute approximate surface area is 180 Å². The molecule has 3 aliphatic rings. The topological polar surface area (TPSA) is 53.1 Å². The zero-order valence-corrected chi connectivity index (χ0v) is 18.7. The molecule has 164 valence electrons. The fourth-order valence-corrected chi connectivity index (χ4v) is 6.08. The van der Waals surface area contributed by atoms with Gasteiger partial charge in [-0.1, -0.05) is 17.7 Å². The van der Waals surface area contributed by atoms with Gasteiger partial charge in [-0.15, -0.1) is 0 Å². The Bertz CT molecular complexity index is 803. The van der Waals surface area contributed by atoms with Crippen molar-refractivity contribution in [3.8, 4) is 0 Å². The van der Waals surface area contributed by atoms with Crippen molar-refractivity contribution in [2.45, 2.75) is 33.1 Å². The van der Waals surface area contributed by atoms with E-state index in [0.717, 1.165) is 76.2 Å². The quantitative estimate of drug-likeness (QED) is 0.744. The standard InChI is InChI=1S/C24H35N3O3/c1-4-26-13-10-24(22(26)29)18-25(14-15-30-3)17-23(24)8-11-27(12-9-23)21(28)20-7-5-6-19(2)16-20/h5-7,16H,4,8-15,17-18H2,1-3H3/t24-/m0/s1. The van der Waals surface area contributed by atoms with Crippen LogP contribution in [0.3, 0.4) is 0 Å². The van der Waals surface area contributed by atoms with Gasteiger partial charge in [0.25, 0.3) is 5.91 Å². The average molecular weight is 414 g/mol. The van der Waals surface area contributed by atoms with Gasteiger partial charge in [0.15, 0.2) is 0 Å². The Morgan fingerprint density at radius 1 is 1.13 bits per heavy atom. The number of aryl methyl sites for hydroxylation is 1. The van der Waals surface area contributed by atoms with Crippen molar-refractivity contribution >= 4 is 11.8 Å². The van der Waals surface area contributed by atoms with Gasteiger partial charge in [0, 0.05) is 63.9 Å². The fourth-order valence-electron chi connectivity index (χ4n) is 6.08. The van der Waals surface area contributed by atoms with E-state index in [1.54, 1.807) is 7.11 Å². The summed E-state index contributed by atoms with van der Waals surface area (Å²) in [4.78, 5) is 33.0. The molecule has 0 bridgehead atoms. The molecule has 1 aromatic rings. The van der Waals surface area contributed by atoms with Gasteiger partial charge in [-0.25, -0.2) is 0 Å². The van der Waals surface area contributed by atoms with Crippen LogP contribution in [0.2, 0.25) is 0 Å². The Balaban J connectivity index is 1.53.